The monoisotopic (exact) mass is 198 g/mol. The van der Waals surface area contributed by atoms with Crippen LogP contribution in [0.5, 0.6) is 0 Å². The molecule has 2 N–H and O–H groups in total. The first-order valence-electron chi connectivity index (χ1n) is 4.94. The van der Waals surface area contributed by atoms with Gasteiger partial charge in [0.1, 0.15) is 0 Å². The largest absolute Gasteiger partial charge is 0.481 e. The number of carbonyl (C=O) groups is 2. The van der Waals surface area contributed by atoms with Gasteiger partial charge in [-0.05, 0) is 38.0 Å². The predicted molar refractivity (Wildman–Crippen MR) is 47.7 cm³/mol. The van der Waals surface area contributed by atoms with Gasteiger partial charge in [0.2, 0.25) is 0 Å². The number of rotatable bonds is 2. The Kier molecular flexibility index (Phi) is 1.84. The molecule has 14 heavy (non-hydrogen) atoms. The Hall–Kier alpha value is -1.06. The summed E-state index contributed by atoms with van der Waals surface area (Å²) in [5.41, 5.74) is -1.03. The predicted octanol–water partition coefficient (Wildman–Crippen LogP) is 1.21. The van der Waals surface area contributed by atoms with Gasteiger partial charge < -0.3 is 10.2 Å². The van der Waals surface area contributed by atoms with Crippen molar-refractivity contribution in [3.8, 4) is 0 Å². The van der Waals surface area contributed by atoms with E-state index in [1.165, 1.54) is 0 Å². The Morgan fingerprint density at radius 1 is 1.29 bits per heavy atom. The fourth-order valence-electron chi connectivity index (χ4n) is 3.37. The average Bonchev–Trinajstić information content (AvgIpc) is 2.61. The van der Waals surface area contributed by atoms with Crippen LogP contribution < -0.4 is 0 Å². The van der Waals surface area contributed by atoms with Crippen LogP contribution in [0.1, 0.15) is 26.2 Å². The second-order valence-electron chi connectivity index (χ2n) is 4.67. The zero-order valence-corrected chi connectivity index (χ0v) is 8.06. The summed E-state index contributed by atoms with van der Waals surface area (Å²) in [6.07, 6.45) is 2.53. The Morgan fingerprint density at radius 2 is 1.93 bits per heavy atom. The van der Waals surface area contributed by atoms with E-state index in [1.807, 2.05) is 0 Å². The minimum Gasteiger partial charge on any atom is -0.481 e. The molecule has 0 aliphatic heterocycles. The molecule has 0 aromatic rings. The third-order valence-corrected chi connectivity index (χ3v) is 4.17. The second kappa shape index (κ2) is 2.72. The minimum absolute atomic E-state index is 0.0612. The van der Waals surface area contributed by atoms with Crippen LogP contribution in [0.15, 0.2) is 0 Å². The van der Waals surface area contributed by atoms with E-state index in [1.54, 1.807) is 6.92 Å². The average molecular weight is 198 g/mol. The SMILES string of the molecule is C[C@]1(C(=O)O)[C@H]2CC[C@H](C2)[C@H]1C(=O)O. The highest BCUT2D eigenvalue weighted by molar-refractivity contribution is 5.84. The Balaban J connectivity index is 2.39. The van der Waals surface area contributed by atoms with Crippen molar-refractivity contribution >= 4 is 11.9 Å². The van der Waals surface area contributed by atoms with Crippen molar-refractivity contribution in [3.05, 3.63) is 0 Å². The van der Waals surface area contributed by atoms with Crippen LogP contribution in [0.4, 0.5) is 0 Å². The fraction of sp³-hybridized carbons (Fsp3) is 0.800. The maximum Gasteiger partial charge on any atom is 0.310 e. The number of hydrogen-bond acceptors (Lipinski definition) is 2. The molecule has 0 radical (unpaired) electrons. The van der Waals surface area contributed by atoms with Gasteiger partial charge >= 0.3 is 11.9 Å². The third kappa shape index (κ3) is 0.938. The molecule has 2 aliphatic carbocycles. The van der Waals surface area contributed by atoms with E-state index in [9.17, 15) is 9.59 Å². The molecule has 2 aliphatic rings. The molecule has 2 fully saturated rings. The van der Waals surface area contributed by atoms with Crippen molar-refractivity contribution in [3.63, 3.8) is 0 Å². The van der Waals surface area contributed by atoms with Gasteiger partial charge in [0.25, 0.3) is 0 Å². The van der Waals surface area contributed by atoms with Crippen LogP contribution in [0.25, 0.3) is 0 Å². The molecule has 4 atom stereocenters. The molecule has 0 spiro atoms. The molecule has 78 valence electrons. The first-order chi connectivity index (χ1) is 6.48. The number of hydrogen-bond donors (Lipinski definition) is 2. The molecule has 2 bridgehead atoms. The molecule has 0 aromatic carbocycles. The van der Waals surface area contributed by atoms with Crippen molar-refractivity contribution in [1.29, 1.82) is 0 Å². The first-order valence-corrected chi connectivity index (χ1v) is 4.94. The fourth-order valence-corrected chi connectivity index (χ4v) is 3.37. The summed E-state index contributed by atoms with van der Waals surface area (Å²) in [6.45, 7) is 1.60. The van der Waals surface area contributed by atoms with E-state index in [2.05, 4.69) is 0 Å². The summed E-state index contributed by atoms with van der Waals surface area (Å²) < 4.78 is 0. The quantitative estimate of drug-likeness (QED) is 0.699. The molecule has 2 saturated carbocycles. The van der Waals surface area contributed by atoms with Gasteiger partial charge in [-0.1, -0.05) is 0 Å². The van der Waals surface area contributed by atoms with Crippen molar-refractivity contribution in [1.82, 2.24) is 0 Å². The molecule has 0 amide bonds. The van der Waals surface area contributed by atoms with Crippen molar-refractivity contribution in [2.24, 2.45) is 23.2 Å². The summed E-state index contributed by atoms with van der Waals surface area (Å²) in [4.78, 5) is 22.2. The van der Waals surface area contributed by atoms with Gasteiger partial charge in [0.15, 0.2) is 0 Å². The van der Waals surface area contributed by atoms with Crippen molar-refractivity contribution < 1.29 is 19.8 Å². The smallest absolute Gasteiger partial charge is 0.310 e. The summed E-state index contributed by atoms with van der Waals surface area (Å²) in [7, 11) is 0. The molecule has 4 heteroatoms. The summed E-state index contributed by atoms with van der Waals surface area (Å²) >= 11 is 0. The van der Waals surface area contributed by atoms with E-state index in [0.29, 0.717) is 0 Å². The molecular weight excluding hydrogens is 184 g/mol. The highest BCUT2D eigenvalue weighted by Gasteiger charge is 2.62. The van der Waals surface area contributed by atoms with Crippen LogP contribution >= 0.6 is 0 Å². The van der Waals surface area contributed by atoms with Crippen LogP contribution in [0, 0.1) is 23.2 Å². The standard InChI is InChI=1S/C10H14O4/c1-10(9(13)14)6-3-2-5(4-6)7(10)8(11)12/h5-7H,2-4H2,1H3,(H,11,12)(H,13,14)/t5-,6+,7+,10+/m1/s1. The lowest BCUT2D eigenvalue weighted by Gasteiger charge is -2.34. The van der Waals surface area contributed by atoms with Crippen LogP contribution in [-0.4, -0.2) is 22.2 Å². The van der Waals surface area contributed by atoms with Crippen LogP contribution in [-0.2, 0) is 9.59 Å². The maximum absolute atomic E-state index is 11.2. The molecule has 2 rings (SSSR count). The summed E-state index contributed by atoms with van der Waals surface area (Å²) in [6, 6.07) is 0. The van der Waals surface area contributed by atoms with Gasteiger partial charge in [-0.3, -0.25) is 9.59 Å². The van der Waals surface area contributed by atoms with Gasteiger partial charge in [0, 0.05) is 0 Å². The lowest BCUT2D eigenvalue weighted by Crippen LogP contribution is -2.44. The van der Waals surface area contributed by atoms with E-state index >= 15 is 0 Å². The van der Waals surface area contributed by atoms with E-state index < -0.39 is 23.3 Å². The normalized spacial score (nSPS) is 45.4. The zero-order chi connectivity index (χ0) is 10.5. The van der Waals surface area contributed by atoms with Crippen LogP contribution in [0.3, 0.4) is 0 Å². The van der Waals surface area contributed by atoms with E-state index in [-0.39, 0.29) is 11.8 Å². The molecule has 0 unspecified atom stereocenters. The molecule has 4 nitrogen and oxygen atoms in total. The Labute approximate surface area is 81.9 Å². The molecule has 0 saturated heterocycles. The highest BCUT2D eigenvalue weighted by Crippen LogP contribution is 2.59. The maximum atomic E-state index is 11.2. The lowest BCUT2D eigenvalue weighted by molar-refractivity contribution is -0.165. The minimum atomic E-state index is -1.03. The van der Waals surface area contributed by atoms with Crippen LogP contribution in [0.2, 0.25) is 0 Å². The van der Waals surface area contributed by atoms with E-state index in [4.69, 9.17) is 10.2 Å². The number of fused-ring (bicyclic) bond motifs is 2. The van der Waals surface area contributed by atoms with Gasteiger partial charge in [-0.2, -0.15) is 0 Å². The molecule has 0 aromatic heterocycles. The lowest BCUT2D eigenvalue weighted by atomic mass is 9.67. The third-order valence-electron chi connectivity index (χ3n) is 4.17. The topological polar surface area (TPSA) is 74.6 Å². The summed E-state index contributed by atoms with van der Waals surface area (Å²) in [5.74, 6) is -2.43. The van der Waals surface area contributed by atoms with E-state index in [0.717, 1.165) is 19.3 Å². The number of carboxylic acid groups (broad SMARTS) is 2. The molecule has 0 heterocycles. The van der Waals surface area contributed by atoms with Gasteiger partial charge in [-0.15, -0.1) is 0 Å². The zero-order valence-electron chi connectivity index (χ0n) is 8.06. The second-order valence-corrected chi connectivity index (χ2v) is 4.67. The Morgan fingerprint density at radius 3 is 2.36 bits per heavy atom. The molecular formula is C10H14O4. The highest BCUT2D eigenvalue weighted by atomic mass is 16.4. The van der Waals surface area contributed by atoms with Gasteiger partial charge in [-0.25, -0.2) is 0 Å². The van der Waals surface area contributed by atoms with Crippen molar-refractivity contribution in [2.75, 3.05) is 0 Å². The van der Waals surface area contributed by atoms with Crippen molar-refractivity contribution in [2.45, 2.75) is 26.2 Å². The van der Waals surface area contributed by atoms with Gasteiger partial charge in [0.05, 0.1) is 11.3 Å². The summed E-state index contributed by atoms with van der Waals surface area (Å²) in [5, 5.41) is 18.2. The number of carboxylic acids is 2. The Bertz CT molecular complexity index is 298. The number of aliphatic carboxylic acids is 2. The first kappa shape index (κ1) is 9.49.